The van der Waals surface area contributed by atoms with E-state index in [1.807, 2.05) is 36.4 Å². The third-order valence-corrected chi connectivity index (χ3v) is 7.67. The molecule has 1 aliphatic carbocycles. The van der Waals surface area contributed by atoms with Crippen molar-refractivity contribution in [3.05, 3.63) is 64.9 Å². The van der Waals surface area contributed by atoms with Crippen LogP contribution in [0.5, 0.6) is 0 Å². The second kappa shape index (κ2) is 6.56. The molecular formula is C20H21ClN4O2S. The van der Waals surface area contributed by atoms with Crippen molar-refractivity contribution in [2.75, 3.05) is 6.54 Å². The molecule has 3 aromatic rings. The quantitative estimate of drug-likeness (QED) is 0.710. The van der Waals surface area contributed by atoms with Crippen molar-refractivity contribution >= 4 is 32.8 Å². The van der Waals surface area contributed by atoms with Crippen LogP contribution < -0.4 is 4.72 Å². The van der Waals surface area contributed by atoms with Gasteiger partial charge in [-0.3, -0.25) is 0 Å². The summed E-state index contributed by atoms with van der Waals surface area (Å²) in [5.74, 6) is 1.26. The summed E-state index contributed by atoms with van der Waals surface area (Å²) in [4.78, 5) is 4.59. The summed E-state index contributed by atoms with van der Waals surface area (Å²) in [6.07, 6.45) is 0. The molecule has 0 amide bonds. The van der Waals surface area contributed by atoms with Gasteiger partial charge in [-0.1, -0.05) is 48.9 Å². The largest absolute Gasteiger partial charge is 0.326 e. The molecule has 0 bridgehead atoms. The molecule has 2 aromatic carbocycles. The van der Waals surface area contributed by atoms with Crippen molar-refractivity contribution in [3.63, 3.8) is 0 Å². The maximum Gasteiger partial charge on any atom is 0.280 e. The third kappa shape index (κ3) is 3.03. The Morgan fingerprint density at radius 1 is 1.14 bits per heavy atom. The Morgan fingerprint density at radius 3 is 2.71 bits per heavy atom. The molecule has 0 radical (unpaired) electrons. The van der Waals surface area contributed by atoms with Crippen LogP contribution in [0.2, 0.25) is 5.02 Å². The van der Waals surface area contributed by atoms with Crippen molar-refractivity contribution in [2.24, 2.45) is 5.92 Å². The summed E-state index contributed by atoms with van der Waals surface area (Å²) in [5, 5.41) is 0.628. The van der Waals surface area contributed by atoms with Crippen LogP contribution in [0.15, 0.2) is 48.5 Å². The fourth-order valence-corrected chi connectivity index (χ4v) is 5.88. The molecule has 28 heavy (non-hydrogen) atoms. The van der Waals surface area contributed by atoms with E-state index in [4.69, 9.17) is 11.6 Å². The van der Waals surface area contributed by atoms with Gasteiger partial charge >= 0.3 is 0 Å². The van der Waals surface area contributed by atoms with E-state index in [2.05, 4.69) is 33.3 Å². The van der Waals surface area contributed by atoms with E-state index >= 15 is 0 Å². The van der Waals surface area contributed by atoms with Crippen LogP contribution in [-0.4, -0.2) is 34.9 Å². The molecule has 3 atom stereocenters. The van der Waals surface area contributed by atoms with Crippen LogP contribution in [-0.2, 0) is 23.3 Å². The number of rotatable bonds is 4. The lowest BCUT2D eigenvalue weighted by Gasteiger charge is -2.27. The van der Waals surface area contributed by atoms with E-state index in [0.29, 0.717) is 18.1 Å². The Kier molecular flexibility index (Phi) is 4.24. The van der Waals surface area contributed by atoms with E-state index in [9.17, 15) is 8.42 Å². The highest BCUT2D eigenvalue weighted by Gasteiger charge is 2.50. The third-order valence-electron chi connectivity index (χ3n) is 5.87. The predicted octanol–water partition coefficient (Wildman–Crippen LogP) is 3.14. The molecule has 5 rings (SSSR count). The minimum atomic E-state index is -3.58. The van der Waals surface area contributed by atoms with Gasteiger partial charge in [-0.25, -0.2) is 4.98 Å². The number of nitrogens with zero attached hydrogens (tertiary/aromatic N) is 3. The predicted molar refractivity (Wildman–Crippen MR) is 109 cm³/mol. The molecule has 8 heteroatoms. The van der Waals surface area contributed by atoms with Gasteiger partial charge in [0.05, 0.1) is 17.6 Å². The SMILES string of the molecule is C[C@H]1[C@H](NS(=O)(=O)N2CCn3c(nc4cc(Cl)ccc43)C2)[C@H]1c1ccccc1. The van der Waals surface area contributed by atoms with Crippen molar-refractivity contribution in [1.29, 1.82) is 0 Å². The molecule has 1 saturated carbocycles. The number of benzene rings is 2. The molecule has 1 aromatic heterocycles. The van der Waals surface area contributed by atoms with Crippen LogP contribution in [0.25, 0.3) is 11.0 Å². The number of nitrogens with one attached hydrogen (secondary N) is 1. The monoisotopic (exact) mass is 416 g/mol. The topological polar surface area (TPSA) is 67.2 Å². The number of aromatic nitrogens is 2. The first-order chi connectivity index (χ1) is 13.4. The van der Waals surface area contributed by atoms with E-state index in [0.717, 1.165) is 16.9 Å². The molecule has 1 aliphatic heterocycles. The summed E-state index contributed by atoms with van der Waals surface area (Å²) in [7, 11) is -3.58. The van der Waals surface area contributed by atoms with Gasteiger partial charge in [0.1, 0.15) is 5.82 Å². The number of imidazole rings is 1. The van der Waals surface area contributed by atoms with Gasteiger partial charge in [-0.2, -0.15) is 17.4 Å². The Morgan fingerprint density at radius 2 is 1.93 bits per heavy atom. The molecule has 0 saturated heterocycles. The summed E-state index contributed by atoms with van der Waals surface area (Å²) >= 11 is 6.06. The zero-order valence-electron chi connectivity index (χ0n) is 15.4. The molecule has 0 unspecified atom stereocenters. The number of hydrogen-bond donors (Lipinski definition) is 1. The number of hydrogen-bond acceptors (Lipinski definition) is 3. The maximum atomic E-state index is 13.0. The minimum absolute atomic E-state index is 0.0630. The molecular weight excluding hydrogens is 396 g/mol. The lowest BCUT2D eigenvalue weighted by Crippen LogP contribution is -2.45. The molecule has 1 fully saturated rings. The Labute approximate surface area is 169 Å². The molecule has 6 nitrogen and oxygen atoms in total. The van der Waals surface area contributed by atoms with Crippen LogP contribution in [0.4, 0.5) is 0 Å². The molecule has 0 spiro atoms. The normalized spacial score (nSPS) is 25.0. The van der Waals surface area contributed by atoms with E-state index in [1.165, 1.54) is 9.87 Å². The fourth-order valence-electron chi connectivity index (χ4n) is 4.25. The first kappa shape index (κ1) is 18.1. The molecule has 2 heterocycles. The highest BCUT2D eigenvalue weighted by Crippen LogP contribution is 2.47. The van der Waals surface area contributed by atoms with Gasteiger partial charge in [0.15, 0.2) is 0 Å². The second-order valence-electron chi connectivity index (χ2n) is 7.59. The molecule has 2 aliphatic rings. The summed E-state index contributed by atoms with van der Waals surface area (Å²) in [5.41, 5.74) is 2.97. The first-order valence-electron chi connectivity index (χ1n) is 9.41. The summed E-state index contributed by atoms with van der Waals surface area (Å²) in [6, 6.07) is 15.6. The van der Waals surface area contributed by atoms with E-state index in [1.54, 1.807) is 0 Å². The smallest absolute Gasteiger partial charge is 0.280 e. The average Bonchev–Trinajstić information content (AvgIpc) is 3.15. The van der Waals surface area contributed by atoms with E-state index in [-0.39, 0.29) is 24.4 Å². The number of halogens is 1. The van der Waals surface area contributed by atoms with Gasteiger partial charge in [-0.15, -0.1) is 0 Å². The minimum Gasteiger partial charge on any atom is -0.326 e. The maximum absolute atomic E-state index is 13.0. The van der Waals surface area contributed by atoms with Gasteiger partial charge in [-0.05, 0) is 29.7 Å². The average molecular weight is 417 g/mol. The summed E-state index contributed by atoms with van der Waals surface area (Å²) < 4.78 is 32.5. The zero-order valence-corrected chi connectivity index (χ0v) is 17.0. The van der Waals surface area contributed by atoms with Crippen LogP contribution >= 0.6 is 11.6 Å². The first-order valence-corrected chi connectivity index (χ1v) is 11.2. The summed E-state index contributed by atoms with van der Waals surface area (Å²) in [6.45, 7) is 3.35. The molecule has 146 valence electrons. The van der Waals surface area contributed by atoms with Crippen molar-refractivity contribution in [2.45, 2.75) is 32.0 Å². The highest BCUT2D eigenvalue weighted by atomic mass is 35.5. The molecule has 1 N–H and O–H groups in total. The Bertz CT molecular complexity index is 1150. The van der Waals surface area contributed by atoms with Crippen molar-refractivity contribution in [3.8, 4) is 0 Å². The van der Waals surface area contributed by atoms with Crippen LogP contribution in [0, 0.1) is 5.92 Å². The Hall–Kier alpha value is -1.93. The number of fused-ring (bicyclic) bond motifs is 3. The zero-order chi connectivity index (χ0) is 19.5. The van der Waals surface area contributed by atoms with Crippen LogP contribution in [0.3, 0.4) is 0 Å². The van der Waals surface area contributed by atoms with Gasteiger partial charge < -0.3 is 4.57 Å². The van der Waals surface area contributed by atoms with Crippen LogP contribution in [0.1, 0.15) is 24.2 Å². The standard InChI is InChI=1S/C20H21ClN4O2S/c1-13-19(14-5-3-2-4-6-14)20(13)23-28(26,27)24-9-10-25-17-8-7-15(21)11-16(17)22-18(25)12-24/h2-8,11,13,19-20,23H,9-10,12H2,1H3/t13-,19-,20+/m1/s1. The van der Waals surface area contributed by atoms with Gasteiger partial charge in [0, 0.05) is 30.1 Å². The van der Waals surface area contributed by atoms with Crippen molar-refractivity contribution < 1.29 is 8.42 Å². The second-order valence-corrected chi connectivity index (χ2v) is 9.73. The Balaban J connectivity index is 1.35. The highest BCUT2D eigenvalue weighted by molar-refractivity contribution is 7.87. The lowest BCUT2D eigenvalue weighted by atomic mass is 10.1. The van der Waals surface area contributed by atoms with E-state index < -0.39 is 10.2 Å². The fraction of sp³-hybridized carbons (Fsp3) is 0.350. The van der Waals surface area contributed by atoms with Gasteiger partial charge in [0.2, 0.25) is 0 Å². The van der Waals surface area contributed by atoms with Crippen molar-refractivity contribution in [1.82, 2.24) is 18.6 Å². The lowest BCUT2D eigenvalue weighted by molar-refractivity contribution is 0.333. The van der Waals surface area contributed by atoms with Gasteiger partial charge in [0.25, 0.3) is 10.2 Å².